The summed E-state index contributed by atoms with van der Waals surface area (Å²) in [5.41, 5.74) is 7.30. The van der Waals surface area contributed by atoms with Crippen molar-refractivity contribution in [1.29, 1.82) is 0 Å². The lowest BCUT2D eigenvalue weighted by Crippen LogP contribution is -1.96. The van der Waals surface area contributed by atoms with Crippen molar-refractivity contribution in [2.24, 2.45) is 0 Å². The Labute approximate surface area is 267 Å². The summed E-state index contributed by atoms with van der Waals surface area (Å²) in [6, 6.07) is 60.3. The van der Waals surface area contributed by atoms with Crippen molar-refractivity contribution < 1.29 is 0 Å². The Morgan fingerprint density at radius 1 is 0.283 bits per heavy atom. The summed E-state index contributed by atoms with van der Waals surface area (Å²) >= 11 is 0. The molecule has 0 aliphatic heterocycles. The molecule has 0 bridgehead atoms. The fraction of sp³-hybridized carbons (Fsp3) is 0. The van der Waals surface area contributed by atoms with Crippen LogP contribution < -0.4 is 0 Å². The highest BCUT2D eigenvalue weighted by Crippen LogP contribution is 2.43. The van der Waals surface area contributed by atoms with Crippen LogP contribution in [0.5, 0.6) is 0 Å². The van der Waals surface area contributed by atoms with Crippen molar-refractivity contribution in [3.63, 3.8) is 0 Å². The molecule has 9 rings (SSSR count). The first kappa shape index (κ1) is 26.3. The summed E-state index contributed by atoms with van der Waals surface area (Å²) in [4.78, 5) is 10.1. The van der Waals surface area contributed by atoms with E-state index in [-0.39, 0.29) is 0 Å². The second-order valence-corrected chi connectivity index (χ2v) is 11.8. The average Bonchev–Trinajstić information content (AvgIpc) is 3.15. The van der Waals surface area contributed by atoms with E-state index in [0.29, 0.717) is 0 Å². The predicted octanol–water partition coefficient (Wildman–Crippen LogP) is 11.8. The van der Waals surface area contributed by atoms with Crippen molar-refractivity contribution in [3.8, 4) is 45.0 Å². The van der Waals surface area contributed by atoms with Crippen LogP contribution in [0, 0.1) is 0 Å². The first-order valence-electron chi connectivity index (χ1n) is 15.7. The van der Waals surface area contributed by atoms with Gasteiger partial charge in [0.2, 0.25) is 0 Å². The summed E-state index contributed by atoms with van der Waals surface area (Å²) in [7, 11) is 0. The van der Waals surface area contributed by atoms with E-state index in [1.165, 1.54) is 48.7 Å². The van der Waals surface area contributed by atoms with Crippen LogP contribution in [0.1, 0.15) is 0 Å². The molecule has 0 unspecified atom stereocenters. The van der Waals surface area contributed by atoms with Crippen molar-refractivity contribution >= 4 is 43.1 Å². The Morgan fingerprint density at radius 3 is 1.41 bits per heavy atom. The molecular weight excluding hydrogens is 556 g/mol. The van der Waals surface area contributed by atoms with E-state index < -0.39 is 0 Å². The van der Waals surface area contributed by atoms with Gasteiger partial charge in [-0.05, 0) is 72.4 Å². The second kappa shape index (κ2) is 10.8. The molecule has 9 aromatic rings. The van der Waals surface area contributed by atoms with E-state index in [1.54, 1.807) is 0 Å². The minimum Gasteiger partial charge on any atom is -0.228 e. The van der Waals surface area contributed by atoms with E-state index in [2.05, 4.69) is 146 Å². The van der Waals surface area contributed by atoms with Gasteiger partial charge in [0, 0.05) is 16.7 Å². The number of fused-ring (bicyclic) bond motifs is 8. The maximum absolute atomic E-state index is 5.11. The zero-order valence-corrected chi connectivity index (χ0v) is 25.1. The van der Waals surface area contributed by atoms with Gasteiger partial charge in [0.25, 0.3) is 0 Å². The van der Waals surface area contributed by atoms with Gasteiger partial charge in [-0.15, -0.1) is 0 Å². The van der Waals surface area contributed by atoms with E-state index in [0.717, 1.165) is 39.5 Å². The molecule has 0 amide bonds. The highest BCUT2D eigenvalue weighted by Gasteiger charge is 2.16. The molecule has 214 valence electrons. The van der Waals surface area contributed by atoms with Crippen molar-refractivity contribution in [2.75, 3.05) is 0 Å². The van der Waals surface area contributed by atoms with Crippen LogP contribution in [0.25, 0.3) is 88.1 Å². The Morgan fingerprint density at radius 2 is 0.739 bits per heavy atom. The van der Waals surface area contributed by atoms with E-state index in [4.69, 9.17) is 9.97 Å². The molecule has 0 fully saturated rings. The molecule has 8 aromatic carbocycles. The van der Waals surface area contributed by atoms with Gasteiger partial charge in [-0.3, -0.25) is 0 Å². The lowest BCUT2D eigenvalue weighted by atomic mass is 9.87. The van der Waals surface area contributed by atoms with Crippen molar-refractivity contribution in [2.45, 2.75) is 0 Å². The maximum atomic E-state index is 5.11. The predicted molar refractivity (Wildman–Crippen MR) is 194 cm³/mol. The minimum absolute atomic E-state index is 0.719. The topological polar surface area (TPSA) is 25.8 Å². The van der Waals surface area contributed by atoms with E-state index in [1.807, 2.05) is 24.3 Å². The Kier molecular flexibility index (Phi) is 6.17. The first-order valence-corrected chi connectivity index (χ1v) is 15.7. The summed E-state index contributed by atoms with van der Waals surface area (Å²) in [6.45, 7) is 0. The van der Waals surface area contributed by atoms with Gasteiger partial charge in [-0.25, -0.2) is 9.97 Å². The van der Waals surface area contributed by atoms with Crippen LogP contribution >= 0.6 is 0 Å². The molecule has 2 heteroatoms. The molecular formula is C44H28N2. The van der Waals surface area contributed by atoms with Crippen molar-refractivity contribution in [3.05, 3.63) is 170 Å². The van der Waals surface area contributed by atoms with Gasteiger partial charge in [0.1, 0.15) is 0 Å². The summed E-state index contributed by atoms with van der Waals surface area (Å²) < 4.78 is 0. The van der Waals surface area contributed by atoms with Crippen LogP contribution in [0.3, 0.4) is 0 Å². The maximum Gasteiger partial charge on any atom is 0.160 e. The van der Waals surface area contributed by atoms with Gasteiger partial charge in [-0.2, -0.15) is 0 Å². The fourth-order valence-electron chi connectivity index (χ4n) is 6.92. The third-order valence-corrected chi connectivity index (χ3v) is 9.05. The van der Waals surface area contributed by atoms with Crippen LogP contribution in [-0.2, 0) is 0 Å². The van der Waals surface area contributed by atoms with Gasteiger partial charge >= 0.3 is 0 Å². The molecule has 0 radical (unpaired) electrons. The quantitative estimate of drug-likeness (QED) is 0.192. The number of rotatable bonds is 4. The Balaban J connectivity index is 1.30. The highest BCUT2D eigenvalue weighted by atomic mass is 14.9. The van der Waals surface area contributed by atoms with E-state index in [9.17, 15) is 0 Å². The van der Waals surface area contributed by atoms with Gasteiger partial charge < -0.3 is 0 Å². The van der Waals surface area contributed by atoms with Gasteiger partial charge in [-0.1, -0.05) is 152 Å². The molecule has 0 aliphatic rings. The normalized spacial score (nSPS) is 11.5. The molecule has 46 heavy (non-hydrogen) atoms. The zero-order chi connectivity index (χ0) is 30.5. The van der Waals surface area contributed by atoms with Gasteiger partial charge in [0.05, 0.1) is 11.4 Å². The number of aromatic nitrogens is 2. The average molecular weight is 585 g/mol. The lowest BCUT2D eigenvalue weighted by molar-refractivity contribution is 1.18. The molecule has 0 atom stereocenters. The fourth-order valence-corrected chi connectivity index (χ4v) is 6.92. The standard InChI is InChI=1S/C44H28N2/c1-3-14-29(15-4-1)41-28-42(46-44(45-41)30-16-5-2-6-17-30)32-19-13-18-31(26-32)39-27-40-35-22-8-7-20-33(35)34-21-9-11-24-37(34)43(40)38-25-12-10-23-36(38)39/h1-28H. The van der Waals surface area contributed by atoms with Crippen LogP contribution in [0.15, 0.2) is 170 Å². The van der Waals surface area contributed by atoms with Crippen LogP contribution in [0.4, 0.5) is 0 Å². The lowest BCUT2D eigenvalue weighted by Gasteiger charge is -2.16. The molecule has 0 N–H and O–H groups in total. The molecule has 1 heterocycles. The number of hydrogen-bond donors (Lipinski definition) is 0. The first-order chi connectivity index (χ1) is 22.8. The monoisotopic (exact) mass is 584 g/mol. The third kappa shape index (κ3) is 4.35. The number of benzene rings is 8. The van der Waals surface area contributed by atoms with Crippen LogP contribution in [-0.4, -0.2) is 9.97 Å². The molecule has 2 nitrogen and oxygen atoms in total. The molecule has 0 saturated carbocycles. The van der Waals surface area contributed by atoms with Crippen molar-refractivity contribution in [1.82, 2.24) is 9.97 Å². The summed E-state index contributed by atoms with van der Waals surface area (Å²) in [5, 5.41) is 10.2. The SMILES string of the molecule is c1ccc(-c2cc(-c3cccc(-c4cc5c6ccccc6c6ccccc6c5c5ccccc45)c3)nc(-c3ccccc3)n2)cc1. The smallest absolute Gasteiger partial charge is 0.160 e. The molecule has 0 saturated heterocycles. The number of nitrogens with zero attached hydrogens (tertiary/aromatic N) is 2. The summed E-state index contributed by atoms with van der Waals surface area (Å²) in [6.07, 6.45) is 0. The molecule has 0 spiro atoms. The Bertz CT molecular complexity index is 2510. The number of hydrogen-bond acceptors (Lipinski definition) is 2. The van der Waals surface area contributed by atoms with E-state index >= 15 is 0 Å². The molecule has 0 aliphatic carbocycles. The minimum atomic E-state index is 0.719. The molecule has 1 aromatic heterocycles. The third-order valence-electron chi connectivity index (χ3n) is 9.05. The van der Waals surface area contributed by atoms with Crippen LogP contribution in [0.2, 0.25) is 0 Å². The Hall–Kier alpha value is -6.12. The highest BCUT2D eigenvalue weighted by molar-refractivity contribution is 6.33. The largest absolute Gasteiger partial charge is 0.228 e. The second-order valence-electron chi connectivity index (χ2n) is 11.8. The zero-order valence-electron chi connectivity index (χ0n) is 25.1. The van der Waals surface area contributed by atoms with Gasteiger partial charge in [0.15, 0.2) is 5.82 Å². The summed E-state index contributed by atoms with van der Waals surface area (Å²) in [5.74, 6) is 0.719.